The fraction of sp³-hybridized carbons (Fsp3) is 0.462. The highest BCUT2D eigenvalue weighted by Crippen LogP contribution is 2.19. The number of ether oxygens (including phenoxy) is 1. The maximum Gasteiger partial charge on any atom is 0.104 e. The van der Waals surface area contributed by atoms with E-state index in [-0.39, 0.29) is 0 Å². The lowest BCUT2D eigenvalue weighted by Crippen LogP contribution is -2.31. The third kappa shape index (κ3) is 5.42. The minimum Gasteiger partial charge on any atom is -0.389 e. The molecular weight excluding hydrogens is 284 g/mol. The maximum absolute atomic E-state index is 9.65. The number of hydrogen-bond donors (Lipinski definition) is 2. The van der Waals surface area contributed by atoms with Crippen LogP contribution in [-0.4, -0.2) is 48.4 Å². The lowest BCUT2D eigenvalue weighted by atomic mass is 10.1. The molecule has 0 aliphatic carbocycles. The van der Waals surface area contributed by atoms with Crippen LogP contribution in [-0.2, 0) is 11.3 Å². The number of benzene rings is 1. The standard InChI is InChI=1S/C13H19ClN2O2S/c1-16(7-11(17)8-18-2)6-10-4-3-9(13(15)19)5-12(10)14/h3-5,11,17H,6-8H2,1-2H3,(H2,15,19). The Labute approximate surface area is 124 Å². The number of halogens is 1. The number of nitrogens with zero attached hydrogens (tertiary/aromatic N) is 1. The lowest BCUT2D eigenvalue weighted by molar-refractivity contribution is 0.0419. The number of nitrogens with two attached hydrogens (primary N) is 1. The number of hydrogen-bond acceptors (Lipinski definition) is 4. The molecule has 1 rings (SSSR count). The minimum atomic E-state index is -0.510. The molecule has 0 bridgehead atoms. The molecule has 0 saturated carbocycles. The summed E-state index contributed by atoms with van der Waals surface area (Å²) in [6, 6.07) is 5.51. The molecule has 1 unspecified atom stereocenters. The first-order valence-corrected chi connectivity index (χ1v) is 6.66. The second-order valence-corrected chi connectivity index (χ2v) is 5.32. The quantitative estimate of drug-likeness (QED) is 0.746. The fourth-order valence-corrected chi connectivity index (χ4v) is 2.16. The maximum atomic E-state index is 9.65. The molecule has 19 heavy (non-hydrogen) atoms. The molecule has 0 spiro atoms. The highest BCUT2D eigenvalue weighted by molar-refractivity contribution is 7.80. The van der Waals surface area contributed by atoms with Gasteiger partial charge in [0.2, 0.25) is 0 Å². The zero-order valence-corrected chi connectivity index (χ0v) is 12.7. The smallest absolute Gasteiger partial charge is 0.104 e. The molecule has 0 aliphatic heterocycles. The molecule has 0 saturated heterocycles. The highest BCUT2D eigenvalue weighted by atomic mass is 35.5. The van der Waals surface area contributed by atoms with Crippen molar-refractivity contribution < 1.29 is 9.84 Å². The molecule has 0 aromatic heterocycles. The molecule has 4 nitrogen and oxygen atoms in total. The van der Waals surface area contributed by atoms with E-state index in [1.807, 2.05) is 24.1 Å². The summed E-state index contributed by atoms with van der Waals surface area (Å²) in [7, 11) is 3.48. The summed E-state index contributed by atoms with van der Waals surface area (Å²) in [5.74, 6) is 0. The van der Waals surface area contributed by atoms with Crippen molar-refractivity contribution in [1.29, 1.82) is 0 Å². The van der Waals surface area contributed by atoms with E-state index in [1.165, 1.54) is 0 Å². The van der Waals surface area contributed by atoms with Gasteiger partial charge in [-0.25, -0.2) is 0 Å². The summed E-state index contributed by atoms with van der Waals surface area (Å²) in [5.41, 5.74) is 7.27. The first-order valence-electron chi connectivity index (χ1n) is 5.87. The Kier molecular flexibility index (Phi) is 6.68. The highest BCUT2D eigenvalue weighted by Gasteiger charge is 2.10. The lowest BCUT2D eigenvalue weighted by Gasteiger charge is -2.20. The van der Waals surface area contributed by atoms with Crippen molar-refractivity contribution in [2.45, 2.75) is 12.6 Å². The van der Waals surface area contributed by atoms with E-state index in [9.17, 15) is 5.11 Å². The number of likely N-dealkylation sites (N-methyl/N-ethyl adjacent to an activating group) is 1. The Morgan fingerprint density at radius 3 is 2.79 bits per heavy atom. The molecule has 0 heterocycles. The average molecular weight is 303 g/mol. The van der Waals surface area contributed by atoms with Gasteiger partial charge in [0.25, 0.3) is 0 Å². The van der Waals surface area contributed by atoms with Gasteiger partial charge in [-0.2, -0.15) is 0 Å². The Balaban J connectivity index is 2.64. The molecule has 1 aromatic carbocycles. The average Bonchev–Trinajstić information content (AvgIpc) is 2.31. The number of aliphatic hydroxyl groups is 1. The Morgan fingerprint density at radius 2 is 2.26 bits per heavy atom. The molecule has 0 amide bonds. The number of aliphatic hydroxyl groups excluding tert-OH is 1. The van der Waals surface area contributed by atoms with Crippen molar-refractivity contribution in [1.82, 2.24) is 4.90 Å². The van der Waals surface area contributed by atoms with Gasteiger partial charge in [0.05, 0.1) is 12.7 Å². The summed E-state index contributed by atoms with van der Waals surface area (Å²) in [4.78, 5) is 2.31. The summed E-state index contributed by atoms with van der Waals surface area (Å²) in [6.07, 6.45) is -0.510. The largest absolute Gasteiger partial charge is 0.389 e. The van der Waals surface area contributed by atoms with E-state index in [2.05, 4.69) is 0 Å². The summed E-state index contributed by atoms with van der Waals surface area (Å²) in [5, 5.41) is 10.3. The van der Waals surface area contributed by atoms with E-state index in [0.717, 1.165) is 11.1 Å². The van der Waals surface area contributed by atoms with Crippen LogP contribution in [0.4, 0.5) is 0 Å². The zero-order chi connectivity index (χ0) is 14.4. The van der Waals surface area contributed by atoms with Gasteiger partial charge in [-0.1, -0.05) is 36.0 Å². The molecule has 106 valence electrons. The Morgan fingerprint density at radius 1 is 1.58 bits per heavy atom. The molecule has 6 heteroatoms. The number of rotatable bonds is 7. The van der Waals surface area contributed by atoms with Gasteiger partial charge in [-0.05, 0) is 18.7 Å². The molecule has 0 aliphatic rings. The molecule has 1 atom stereocenters. The van der Waals surface area contributed by atoms with Crippen molar-refractivity contribution in [3.63, 3.8) is 0 Å². The van der Waals surface area contributed by atoms with Crippen molar-refractivity contribution in [3.8, 4) is 0 Å². The first kappa shape index (κ1) is 16.3. The van der Waals surface area contributed by atoms with Gasteiger partial charge >= 0.3 is 0 Å². The first-order chi connectivity index (χ1) is 8.93. The second-order valence-electron chi connectivity index (χ2n) is 4.48. The third-order valence-corrected chi connectivity index (χ3v) is 3.25. The predicted molar refractivity (Wildman–Crippen MR) is 81.6 cm³/mol. The zero-order valence-electron chi connectivity index (χ0n) is 11.1. The van der Waals surface area contributed by atoms with Crippen LogP contribution < -0.4 is 5.73 Å². The van der Waals surface area contributed by atoms with Crippen LogP contribution in [0.15, 0.2) is 18.2 Å². The van der Waals surface area contributed by atoms with Gasteiger partial charge in [-0.3, -0.25) is 4.90 Å². The van der Waals surface area contributed by atoms with Gasteiger partial charge in [-0.15, -0.1) is 0 Å². The SMILES string of the molecule is COCC(O)CN(C)Cc1ccc(C(N)=S)cc1Cl. The molecule has 0 fully saturated rings. The summed E-state index contributed by atoms with van der Waals surface area (Å²) >= 11 is 11.1. The van der Waals surface area contributed by atoms with Crippen molar-refractivity contribution >= 4 is 28.8 Å². The van der Waals surface area contributed by atoms with E-state index >= 15 is 0 Å². The van der Waals surface area contributed by atoms with E-state index < -0.39 is 6.10 Å². The van der Waals surface area contributed by atoms with Crippen LogP contribution in [0.25, 0.3) is 0 Å². The van der Waals surface area contributed by atoms with E-state index in [4.69, 9.17) is 34.3 Å². The van der Waals surface area contributed by atoms with Gasteiger partial charge in [0.1, 0.15) is 4.99 Å². The van der Waals surface area contributed by atoms with Gasteiger partial charge in [0, 0.05) is 30.8 Å². The van der Waals surface area contributed by atoms with E-state index in [1.54, 1.807) is 13.2 Å². The van der Waals surface area contributed by atoms with E-state index in [0.29, 0.717) is 29.7 Å². The van der Waals surface area contributed by atoms with Crippen LogP contribution in [0, 0.1) is 0 Å². The second kappa shape index (κ2) is 7.77. The molecular formula is C13H19ClN2O2S. The monoisotopic (exact) mass is 302 g/mol. The van der Waals surface area contributed by atoms with Crippen LogP contribution >= 0.6 is 23.8 Å². The van der Waals surface area contributed by atoms with Gasteiger partial charge < -0.3 is 15.6 Å². The van der Waals surface area contributed by atoms with Crippen LogP contribution in [0.2, 0.25) is 5.02 Å². The predicted octanol–water partition coefficient (Wildman–Crippen LogP) is 1.41. The normalized spacial score (nSPS) is 12.7. The van der Waals surface area contributed by atoms with Crippen LogP contribution in [0.1, 0.15) is 11.1 Å². The molecule has 1 aromatic rings. The minimum absolute atomic E-state index is 0.318. The van der Waals surface area contributed by atoms with Crippen LogP contribution in [0.5, 0.6) is 0 Å². The number of methoxy groups -OCH3 is 1. The molecule has 3 N–H and O–H groups in total. The van der Waals surface area contributed by atoms with Crippen LogP contribution in [0.3, 0.4) is 0 Å². The Bertz CT molecular complexity index is 443. The summed E-state index contributed by atoms with van der Waals surface area (Å²) in [6.45, 7) is 1.47. The summed E-state index contributed by atoms with van der Waals surface area (Å²) < 4.78 is 4.89. The van der Waals surface area contributed by atoms with Crippen molar-refractivity contribution in [3.05, 3.63) is 34.3 Å². The van der Waals surface area contributed by atoms with Gasteiger partial charge in [0.15, 0.2) is 0 Å². The van der Waals surface area contributed by atoms with Crippen molar-refractivity contribution in [2.24, 2.45) is 5.73 Å². The van der Waals surface area contributed by atoms with Crippen molar-refractivity contribution in [2.75, 3.05) is 27.3 Å². The topological polar surface area (TPSA) is 58.7 Å². The fourth-order valence-electron chi connectivity index (χ4n) is 1.79. The molecule has 0 radical (unpaired) electrons. The Hall–Kier alpha value is -0.720. The number of thiocarbonyl (C=S) groups is 1. The third-order valence-electron chi connectivity index (χ3n) is 2.66.